The van der Waals surface area contributed by atoms with Crippen LogP contribution in [0.1, 0.15) is 32.0 Å². The maximum absolute atomic E-state index is 12.5. The summed E-state index contributed by atoms with van der Waals surface area (Å²) >= 11 is 0. The van der Waals surface area contributed by atoms with Gasteiger partial charge in [0.25, 0.3) is 11.8 Å². The van der Waals surface area contributed by atoms with E-state index >= 15 is 0 Å². The molecule has 0 fully saturated rings. The van der Waals surface area contributed by atoms with Gasteiger partial charge in [-0.25, -0.2) is 4.68 Å². The van der Waals surface area contributed by atoms with Crippen molar-refractivity contribution in [2.75, 3.05) is 5.32 Å². The first-order chi connectivity index (χ1) is 14.6. The van der Waals surface area contributed by atoms with Crippen LogP contribution in [0.15, 0.2) is 71.6 Å². The molecule has 0 saturated carbocycles. The smallest absolute Gasteiger partial charge is 0.291 e. The topological polar surface area (TPSA) is 115 Å². The predicted octanol–water partition coefficient (Wildman–Crippen LogP) is 2.75. The summed E-state index contributed by atoms with van der Waals surface area (Å²) in [5.74, 6) is -0.306. The fourth-order valence-corrected chi connectivity index (χ4v) is 2.97. The van der Waals surface area contributed by atoms with Crippen molar-refractivity contribution in [3.8, 4) is 5.69 Å². The number of aryl methyl sites for hydroxylation is 1. The molecule has 0 unspecified atom stereocenters. The van der Waals surface area contributed by atoms with Crippen molar-refractivity contribution in [3.05, 3.63) is 89.6 Å². The Morgan fingerprint density at radius 3 is 2.70 bits per heavy atom. The molecule has 4 aromatic rings. The lowest BCUT2D eigenvalue weighted by molar-refractivity contribution is 0.0949. The van der Waals surface area contributed by atoms with E-state index in [1.165, 1.54) is 12.6 Å². The quantitative estimate of drug-likeness (QED) is 0.512. The van der Waals surface area contributed by atoms with Crippen LogP contribution in [0.2, 0.25) is 0 Å². The van der Waals surface area contributed by atoms with E-state index in [4.69, 9.17) is 4.42 Å². The van der Waals surface area contributed by atoms with Gasteiger partial charge < -0.3 is 15.1 Å². The lowest BCUT2D eigenvalue weighted by atomic mass is 10.1. The summed E-state index contributed by atoms with van der Waals surface area (Å²) in [5, 5.41) is 16.8. The molecule has 0 bridgehead atoms. The fraction of sp³-hybridized carbons (Fsp3) is 0.0952. The lowest BCUT2D eigenvalue weighted by Crippen LogP contribution is -2.23. The fourth-order valence-electron chi connectivity index (χ4n) is 2.97. The second-order valence-electron chi connectivity index (χ2n) is 6.57. The first-order valence-electron chi connectivity index (χ1n) is 9.16. The molecule has 9 nitrogen and oxygen atoms in total. The van der Waals surface area contributed by atoms with Gasteiger partial charge in [-0.05, 0) is 70.9 Å². The minimum atomic E-state index is -0.334. The van der Waals surface area contributed by atoms with Gasteiger partial charge in [-0.3, -0.25) is 9.59 Å². The number of anilines is 1. The average Bonchev–Trinajstić information content (AvgIpc) is 3.46. The minimum Gasteiger partial charge on any atom is -0.459 e. The molecular formula is C21H18N6O3. The van der Waals surface area contributed by atoms with Crippen molar-refractivity contribution in [1.82, 2.24) is 25.5 Å². The van der Waals surface area contributed by atoms with Crippen LogP contribution in [-0.4, -0.2) is 32.0 Å². The van der Waals surface area contributed by atoms with Crippen LogP contribution in [0.25, 0.3) is 5.69 Å². The van der Waals surface area contributed by atoms with Crippen LogP contribution in [0, 0.1) is 6.92 Å². The van der Waals surface area contributed by atoms with Gasteiger partial charge in [0.2, 0.25) is 0 Å². The van der Waals surface area contributed by atoms with Gasteiger partial charge >= 0.3 is 0 Å². The molecule has 2 aromatic heterocycles. The Morgan fingerprint density at radius 2 is 1.97 bits per heavy atom. The molecule has 2 heterocycles. The van der Waals surface area contributed by atoms with Gasteiger partial charge in [0.15, 0.2) is 5.76 Å². The maximum Gasteiger partial charge on any atom is 0.291 e. The van der Waals surface area contributed by atoms with Crippen molar-refractivity contribution in [1.29, 1.82) is 0 Å². The molecule has 2 aromatic carbocycles. The number of hydrogen-bond donors (Lipinski definition) is 2. The Morgan fingerprint density at radius 1 is 1.07 bits per heavy atom. The Labute approximate surface area is 171 Å². The number of nitrogens with one attached hydrogen (secondary N) is 2. The van der Waals surface area contributed by atoms with E-state index in [0.717, 1.165) is 16.8 Å². The van der Waals surface area contributed by atoms with E-state index in [-0.39, 0.29) is 17.6 Å². The second-order valence-corrected chi connectivity index (χ2v) is 6.57. The highest BCUT2D eigenvalue weighted by Gasteiger charge is 2.11. The molecule has 0 aliphatic rings. The Balaban J connectivity index is 1.39. The molecule has 4 rings (SSSR count). The molecule has 150 valence electrons. The zero-order valence-corrected chi connectivity index (χ0v) is 16.1. The molecule has 30 heavy (non-hydrogen) atoms. The molecule has 0 saturated heterocycles. The van der Waals surface area contributed by atoms with Crippen molar-refractivity contribution in [2.24, 2.45) is 0 Å². The normalized spacial score (nSPS) is 10.6. The molecule has 0 radical (unpaired) electrons. The number of rotatable bonds is 6. The Bertz CT molecular complexity index is 1170. The predicted molar refractivity (Wildman–Crippen MR) is 108 cm³/mol. The van der Waals surface area contributed by atoms with Crippen molar-refractivity contribution in [2.45, 2.75) is 13.5 Å². The SMILES string of the molecule is Cc1cc(C(=O)NCc2cccc(NC(=O)c3ccco3)c2)ccc1-n1cnnn1. The highest BCUT2D eigenvalue weighted by atomic mass is 16.3. The first kappa shape index (κ1) is 19.1. The van der Waals surface area contributed by atoms with Crippen LogP contribution in [0.4, 0.5) is 5.69 Å². The van der Waals surface area contributed by atoms with Crippen LogP contribution in [0.5, 0.6) is 0 Å². The monoisotopic (exact) mass is 402 g/mol. The number of aromatic nitrogens is 4. The van der Waals surface area contributed by atoms with Gasteiger partial charge in [-0.1, -0.05) is 12.1 Å². The number of carbonyl (C=O) groups is 2. The summed E-state index contributed by atoms with van der Waals surface area (Å²) in [5.41, 5.74) is 3.67. The van der Waals surface area contributed by atoms with Crippen LogP contribution < -0.4 is 10.6 Å². The van der Waals surface area contributed by atoms with Crippen molar-refractivity contribution >= 4 is 17.5 Å². The zero-order valence-electron chi connectivity index (χ0n) is 16.1. The highest BCUT2D eigenvalue weighted by molar-refractivity contribution is 6.02. The van der Waals surface area contributed by atoms with Crippen molar-refractivity contribution in [3.63, 3.8) is 0 Å². The van der Waals surface area contributed by atoms with Crippen LogP contribution in [0.3, 0.4) is 0 Å². The van der Waals surface area contributed by atoms with E-state index in [1.807, 2.05) is 19.1 Å². The molecular weight excluding hydrogens is 384 g/mol. The Kier molecular flexibility index (Phi) is 5.33. The van der Waals surface area contributed by atoms with Gasteiger partial charge in [0.05, 0.1) is 12.0 Å². The number of nitrogens with zero attached hydrogens (tertiary/aromatic N) is 4. The molecule has 0 atom stereocenters. The van der Waals surface area contributed by atoms with Gasteiger partial charge in [-0.15, -0.1) is 5.10 Å². The second kappa shape index (κ2) is 8.39. The van der Waals surface area contributed by atoms with E-state index in [1.54, 1.807) is 47.1 Å². The van der Waals surface area contributed by atoms with E-state index in [9.17, 15) is 9.59 Å². The van der Waals surface area contributed by atoms with Crippen molar-refractivity contribution < 1.29 is 14.0 Å². The molecule has 0 spiro atoms. The lowest BCUT2D eigenvalue weighted by Gasteiger charge is -2.10. The van der Waals surface area contributed by atoms with E-state index in [2.05, 4.69) is 26.2 Å². The van der Waals surface area contributed by atoms with Crippen LogP contribution in [-0.2, 0) is 6.54 Å². The number of benzene rings is 2. The largest absolute Gasteiger partial charge is 0.459 e. The third-order valence-corrected chi connectivity index (χ3v) is 4.44. The summed E-state index contributed by atoms with van der Waals surface area (Å²) in [4.78, 5) is 24.6. The van der Waals surface area contributed by atoms with Gasteiger partial charge in [-0.2, -0.15) is 0 Å². The number of furan rings is 1. The molecule has 0 aliphatic carbocycles. The molecule has 9 heteroatoms. The number of hydrogen-bond acceptors (Lipinski definition) is 6. The summed E-state index contributed by atoms with van der Waals surface area (Å²) in [6, 6.07) is 15.8. The highest BCUT2D eigenvalue weighted by Crippen LogP contribution is 2.16. The molecule has 2 N–H and O–H groups in total. The number of tetrazole rings is 1. The summed E-state index contributed by atoms with van der Waals surface area (Å²) in [7, 11) is 0. The summed E-state index contributed by atoms with van der Waals surface area (Å²) in [6.45, 7) is 2.20. The Hall–Kier alpha value is -4.27. The number of carbonyl (C=O) groups excluding carboxylic acids is 2. The molecule has 2 amide bonds. The maximum atomic E-state index is 12.5. The van der Waals surface area contributed by atoms with E-state index in [0.29, 0.717) is 17.8 Å². The standard InChI is InChI=1S/C21H18N6O3/c1-14-10-16(7-8-18(14)27-13-23-25-26-27)20(28)22-12-15-4-2-5-17(11-15)24-21(29)19-6-3-9-30-19/h2-11,13H,12H2,1H3,(H,22,28)(H,24,29). The van der Waals surface area contributed by atoms with Gasteiger partial charge in [0, 0.05) is 17.8 Å². The minimum absolute atomic E-state index is 0.202. The zero-order chi connectivity index (χ0) is 20.9. The average molecular weight is 402 g/mol. The van der Waals surface area contributed by atoms with E-state index < -0.39 is 0 Å². The van der Waals surface area contributed by atoms with Crippen LogP contribution >= 0.6 is 0 Å². The third-order valence-electron chi connectivity index (χ3n) is 4.44. The number of amides is 2. The third kappa shape index (κ3) is 4.25. The van der Waals surface area contributed by atoms with Gasteiger partial charge in [0.1, 0.15) is 6.33 Å². The molecule has 0 aliphatic heterocycles. The first-order valence-corrected chi connectivity index (χ1v) is 9.16. The summed E-state index contributed by atoms with van der Waals surface area (Å²) < 4.78 is 6.63. The summed E-state index contributed by atoms with van der Waals surface area (Å²) in [6.07, 6.45) is 2.94.